The summed E-state index contributed by atoms with van der Waals surface area (Å²) in [6.45, 7) is 2.57. The molecule has 1 aromatic carbocycles. The van der Waals surface area contributed by atoms with Gasteiger partial charge in [-0.3, -0.25) is 9.78 Å². The van der Waals surface area contributed by atoms with Crippen molar-refractivity contribution in [1.29, 1.82) is 0 Å². The number of benzene rings is 1. The maximum atomic E-state index is 11.7. The lowest BCUT2D eigenvalue weighted by molar-refractivity contribution is 0.0955. The number of amides is 1. The molecule has 1 heterocycles. The number of ether oxygens (including phenoxy) is 1. The Kier molecular flexibility index (Phi) is 4.83. The monoisotopic (exact) mass is 269 g/mol. The average Bonchev–Trinajstić information content (AvgIpc) is 2.50. The Morgan fingerprint density at radius 3 is 2.60 bits per heavy atom. The van der Waals surface area contributed by atoms with Gasteiger partial charge in [-0.25, -0.2) is 5.43 Å². The standard InChI is InChI=1S/C15H15N3O2/c1-2-20-14-5-3-12(4-6-14)11-17-18-15(19)13-7-9-16-10-8-13/h3-11H,2H2,1H3,(H,18,19)/b17-11-. The summed E-state index contributed by atoms with van der Waals surface area (Å²) in [4.78, 5) is 15.6. The predicted octanol–water partition coefficient (Wildman–Crippen LogP) is 2.24. The highest BCUT2D eigenvalue weighted by Gasteiger charge is 2.01. The molecule has 0 aliphatic rings. The zero-order chi connectivity index (χ0) is 14.2. The first-order chi connectivity index (χ1) is 9.79. The van der Waals surface area contributed by atoms with Crippen molar-refractivity contribution in [2.24, 2.45) is 5.10 Å². The maximum Gasteiger partial charge on any atom is 0.271 e. The molecule has 1 aromatic heterocycles. The number of hydrogen-bond donors (Lipinski definition) is 1. The summed E-state index contributed by atoms with van der Waals surface area (Å²) < 4.78 is 5.34. The van der Waals surface area contributed by atoms with E-state index in [0.29, 0.717) is 12.2 Å². The first-order valence-corrected chi connectivity index (χ1v) is 6.26. The third-order valence-electron chi connectivity index (χ3n) is 2.51. The second kappa shape index (κ2) is 7.04. The van der Waals surface area contributed by atoms with E-state index in [1.807, 2.05) is 31.2 Å². The van der Waals surface area contributed by atoms with Crippen LogP contribution in [0.5, 0.6) is 5.75 Å². The van der Waals surface area contributed by atoms with E-state index in [9.17, 15) is 4.79 Å². The van der Waals surface area contributed by atoms with E-state index in [2.05, 4.69) is 15.5 Å². The van der Waals surface area contributed by atoms with Crippen molar-refractivity contribution in [3.63, 3.8) is 0 Å². The molecule has 2 rings (SSSR count). The van der Waals surface area contributed by atoms with Gasteiger partial charge in [-0.05, 0) is 48.9 Å². The number of carbonyl (C=O) groups is 1. The Hall–Kier alpha value is -2.69. The van der Waals surface area contributed by atoms with Gasteiger partial charge in [0, 0.05) is 18.0 Å². The highest BCUT2D eigenvalue weighted by molar-refractivity contribution is 5.94. The van der Waals surface area contributed by atoms with E-state index in [-0.39, 0.29) is 5.91 Å². The van der Waals surface area contributed by atoms with Gasteiger partial charge in [0.25, 0.3) is 5.91 Å². The van der Waals surface area contributed by atoms with E-state index in [4.69, 9.17) is 4.74 Å². The minimum atomic E-state index is -0.269. The Labute approximate surface area is 117 Å². The maximum absolute atomic E-state index is 11.7. The molecule has 20 heavy (non-hydrogen) atoms. The highest BCUT2D eigenvalue weighted by Crippen LogP contribution is 2.10. The molecule has 0 bridgehead atoms. The van der Waals surface area contributed by atoms with Crippen molar-refractivity contribution in [3.8, 4) is 5.75 Å². The molecule has 1 amide bonds. The largest absolute Gasteiger partial charge is 0.494 e. The smallest absolute Gasteiger partial charge is 0.271 e. The van der Waals surface area contributed by atoms with Crippen LogP contribution in [-0.2, 0) is 0 Å². The Morgan fingerprint density at radius 1 is 1.25 bits per heavy atom. The summed E-state index contributed by atoms with van der Waals surface area (Å²) in [5, 5.41) is 3.91. The van der Waals surface area contributed by atoms with Gasteiger partial charge < -0.3 is 4.74 Å². The van der Waals surface area contributed by atoms with Crippen molar-refractivity contribution in [2.75, 3.05) is 6.61 Å². The Morgan fingerprint density at radius 2 is 1.95 bits per heavy atom. The van der Waals surface area contributed by atoms with Crippen molar-refractivity contribution < 1.29 is 9.53 Å². The fourth-order valence-electron chi connectivity index (χ4n) is 1.55. The second-order valence-corrected chi connectivity index (χ2v) is 3.94. The van der Waals surface area contributed by atoms with E-state index in [1.54, 1.807) is 30.7 Å². The lowest BCUT2D eigenvalue weighted by atomic mass is 10.2. The van der Waals surface area contributed by atoms with Crippen LogP contribution < -0.4 is 10.2 Å². The molecule has 0 unspecified atom stereocenters. The number of nitrogens with one attached hydrogen (secondary N) is 1. The first kappa shape index (κ1) is 13.7. The average molecular weight is 269 g/mol. The topological polar surface area (TPSA) is 63.6 Å². The Bertz CT molecular complexity index is 580. The SMILES string of the molecule is CCOc1ccc(/C=N\NC(=O)c2ccncc2)cc1. The van der Waals surface area contributed by atoms with Crippen LogP contribution in [0, 0.1) is 0 Å². The molecule has 5 nitrogen and oxygen atoms in total. The van der Waals surface area contributed by atoms with Crippen LogP contribution in [0.3, 0.4) is 0 Å². The van der Waals surface area contributed by atoms with Crippen LogP contribution in [-0.4, -0.2) is 23.7 Å². The summed E-state index contributed by atoms with van der Waals surface area (Å²) in [7, 11) is 0. The molecule has 102 valence electrons. The van der Waals surface area contributed by atoms with Crippen molar-refractivity contribution in [1.82, 2.24) is 10.4 Å². The highest BCUT2D eigenvalue weighted by atomic mass is 16.5. The molecule has 0 saturated carbocycles. The number of rotatable bonds is 5. The molecular weight excluding hydrogens is 254 g/mol. The molecule has 0 aliphatic carbocycles. The summed E-state index contributed by atoms with van der Waals surface area (Å²) >= 11 is 0. The van der Waals surface area contributed by atoms with Crippen LogP contribution in [0.15, 0.2) is 53.9 Å². The third-order valence-corrected chi connectivity index (χ3v) is 2.51. The number of hydrogen-bond acceptors (Lipinski definition) is 4. The lowest BCUT2D eigenvalue weighted by Crippen LogP contribution is -2.17. The second-order valence-electron chi connectivity index (χ2n) is 3.94. The summed E-state index contributed by atoms with van der Waals surface area (Å²) in [5.74, 6) is 0.542. The van der Waals surface area contributed by atoms with E-state index < -0.39 is 0 Å². The molecule has 0 spiro atoms. The number of carbonyl (C=O) groups excluding carboxylic acids is 1. The van der Waals surface area contributed by atoms with Crippen LogP contribution in [0.25, 0.3) is 0 Å². The minimum Gasteiger partial charge on any atom is -0.494 e. The summed E-state index contributed by atoms with van der Waals surface area (Å²) in [6.07, 6.45) is 4.70. The lowest BCUT2D eigenvalue weighted by Gasteiger charge is -2.02. The van der Waals surface area contributed by atoms with Gasteiger partial charge in [0.15, 0.2) is 0 Å². The molecule has 5 heteroatoms. The van der Waals surface area contributed by atoms with Gasteiger partial charge in [0.2, 0.25) is 0 Å². The van der Waals surface area contributed by atoms with Gasteiger partial charge >= 0.3 is 0 Å². The molecule has 0 aliphatic heterocycles. The number of pyridine rings is 1. The van der Waals surface area contributed by atoms with E-state index in [1.165, 1.54) is 0 Å². The number of aromatic nitrogens is 1. The quantitative estimate of drug-likeness (QED) is 0.669. The molecular formula is C15H15N3O2. The van der Waals surface area contributed by atoms with Crippen molar-refractivity contribution >= 4 is 12.1 Å². The van der Waals surface area contributed by atoms with Crippen molar-refractivity contribution in [2.45, 2.75) is 6.92 Å². The van der Waals surface area contributed by atoms with Crippen LogP contribution >= 0.6 is 0 Å². The fourth-order valence-corrected chi connectivity index (χ4v) is 1.55. The van der Waals surface area contributed by atoms with Gasteiger partial charge in [0.05, 0.1) is 12.8 Å². The summed E-state index contributed by atoms with van der Waals surface area (Å²) in [5.41, 5.74) is 3.85. The fraction of sp³-hybridized carbons (Fsp3) is 0.133. The minimum absolute atomic E-state index is 0.269. The van der Waals surface area contributed by atoms with E-state index >= 15 is 0 Å². The normalized spacial score (nSPS) is 10.4. The van der Waals surface area contributed by atoms with Crippen LogP contribution in [0.1, 0.15) is 22.8 Å². The molecule has 0 saturated heterocycles. The third kappa shape index (κ3) is 3.91. The zero-order valence-corrected chi connectivity index (χ0v) is 11.1. The van der Waals surface area contributed by atoms with Crippen LogP contribution in [0.4, 0.5) is 0 Å². The van der Waals surface area contributed by atoms with Crippen LogP contribution in [0.2, 0.25) is 0 Å². The van der Waals surface area contributed by atoms with E-state index in [0.717, 1.165) is 11.3 Å². The first-order valence-electron chi connectivity index (χ1n) is 6.26. The summed E-state index contributed by atoms with van der Waals surface area (Å²) in [6, 6.07) is 10.7. The predicted molar refractivity (Wildman–Crippen MR) is 76.9 cm³/mol. The van der Waals surface area contributed by atoms with Crippen molar-refractivity contribution in [3.05, 3.63) is 59.9 Å². The van der Waals surface area contributed by atoms with Gasteiger partial charge in [-0.2, -0.15) is 5.10 Å². The van der Waals surface area contributed by atoms with Gasteiger partial charge in [-0.1, -0.05) is 0 Å². The molecule has 0 fully saturated rings. The molecule has 2 aromatic rings. The molecule has 0 radical (unpaired) electrons. The van der Waals surface area contributed by atoms with Gasteiger partial charge in [0.1, 0.15) is 5.75 Å². The van der Waals surface area contributed by atoms with Gasteiger partial charge in [-0.15, -0.1) is 0 Å². The zero-order valence-electron chi connectivity index (χ0n) is 11.1. The number of nitrogens with zero attached hydrogens (tertiary/aromatic N) is 2. The molecule has 0 atom stereocenters. The Balaban J connectivity index is 1.91. The number of hydrazone groups is 1. The molecule has 1 N–H and O–H groups in total.